The lowest BCUT2D eigenvalue weighted by molar-refractivity contribution is -0.118. The molecule has 7 heteroatoms. The van der Waals surface area contributed by atoms with Gasteiger partial charge in [-0.25, -0.2) is 9.97 Å². The zero-order valence-electron chi connectivity index (χ0n) is 15.4. The fraction of sp³-hybridized carbons (Fsp3) is 0.0455. The van der Waals surface area contributed by atoms with E-state index in [-0.39, 0.29) is 12.5 Å². The van der Waals surface area contributed by atoms with Crippen molar-refractivity contribution in [1.29, 1.82) is 0 Å². The molecule has 1 N–H and O–H groups in total. The second-order valence-corrected chi connectivity index (χ2v) is 6.08. The Bertz CT molecular complexity index is 1060. The van der Waals surface area contributed by atoms with E-state index < -0.39 is 0 Å². The fourth-order valence-electron chi connectivity index (χ4n) is 2.60. The first kappa shape index (κ1) is 18.2. The Kier molecular flexibility index (Phi) is 5.48. The van der Waals surface area contributed by atoms with Crippen LogP contribution < -0.4 is 14.8 Å². The molecule has 144 valence electrons. The molecule has 29 heavy (non-hydrogen) atoms. The van der Waals surface area contributed by atoms with Gasteiger partial charge in [-0.15, -0.1) is 0 Å². The van der Waals surface area contributed by atoms with Gasteiger partial charge in [-0.2, -0.15) is 0 Å². The molecule has 0 unspecified atom stereocenters. The summed E-state index contributed by atoms with van der Waals surface area (Å²) in [6.07, 6.45) is 5.24. The number of anilines is 1. The standard InChI is InChI=1S/C22H18N4O3/c27-21(15-28-18-6-2-1-3-7-18)25-17-8-10-19(11-9-17)29-22-14-20(23-16-24-22)26-12-4-5-13-26/h1-14,16H,15H2,(H,25,27). The maximum Gasteiger partial charge on any atom is 0.262 e. The van der Waals surface area contributed by atoms with E-state index in [0.717, 1.165) is 0 Å². The molecule has 2 heterocycles. The summed E-state index contributed by atoms with van der Waals surface area (Å²) < 4.78 is 13.1. The average molecular weight is 386 g/mol. The van der Waals surface area contributed by atoms with E-state index in [1.807, 2.05) is 47.3 Å². The third-order valence-electron chi connectivity index (χ3n) is 3.97. The minimum Gasteiger partial charge on any atom is -0.484 e. The van der Waals surface area contributed by atoms with Crippen LogP contribution in [0.15, 0.2) is 91.5 Å². The lowest BCUT2D eigenvalue weighted by atomic mass is 10.3. The Morgan fingerprint density at radius 2 is 1.66 bits per heavy atom. The predicted molar refractivity (Wildman–Crippen MR) is 108 cm³/mol. The second-order valence-electron chi connectivity index (χ2n) is 6.08. The van der Waals surface area contributed by atoms with E-state index >= 15 is 0 Å². The SMILES string of the molecule is O=C(COc1ccccc1)Nc1ccc(Oc2cc(-n3cccc3)ncn2)cc1. The molecule has 0 bridgehead atoms. The number of benzene rings is 2. The normalized spacial score (nSPS) is 10.3. The number of ether oxygens (including phenoxy) is 2. The smallest absolute Gasteiger partial charge is 0.262 e. The van der Waals surface area contributed by atoms with E-state index in [2.05, 4.69) is 15.3 Å². The van der Waals surface area contributed by atoms with E-state index in [4.69, 9.17) is 9.47 Å². The highest BCUT2D eigenvalue weighted by atomic mass is 16.5. The maximum atomic E-state index is 12.0. The van der Waals surface area contributed by atoms with Crippen molar-refractivity contribution in [3.63, 3.8) is 0 Å². The molecule has 0 aliphatic carbocycles. The van der Waals surface area contributed by atoms with Gasteiger partial charge in [0.15, 0.2) is 6.61 Å². The third-order valence-corrected chi connectivity index (χ3v) is 3.97. The Morgan fingerprint density at radius 3 is 2.41 bits per heavy atom. The molecule has 2 aromatic carbocycles. The number of rotatable bonds is 7. The lowest BCUT2D eigenvalue weighted by Gasteiger charge is -2.09. The number of aromatic nitrogens is 3. The lowest BCUT2D eigenvalue weighted by Crippen LogP contribution is -2.20. The van der Waals surface area contributed by atoms with Crippen molar-refractivity contribution in [2.24, 2.45) is 0 Å². The van der Waals surface area contributed by atoms with Gasteiger partial charge in [-0.3, -0.25) is 4.79 Å². The Labute approximate surface area is 167 Å². The minimum atomic E-state index is -0.241. The molecule has 0 radical (unpaired) electrons. The highest BCUT2D eigenvalue weighted by molar-refractivity contribution is 5.91. The van der Waals surface area contributed by atoms with Crippen molar-refractivity contribution >= 4 is 11.6 Å². The molecule has 0 fully saturated rings. The molecular weight excluding hydrogens is 368 g/mol. The van der Waals surface area contributed by atoms with Crippen molar-refractivity contribution in [2.45, 2.75) is 0 Å². The van der Waals surface area contributed by atoms with Crippen LogP contribution in [0.2, 0.25) is 0 Å². The molecule has 0 aliphatic rings. The van der Waals surface area contributed by atoms with Gasteiger partial charge in [0.2, 0.25) is 5.88 Å². The van der Waals surface area contributed by atoms with E-state index in [1.165, 1.54) is 6.33 Å². The average Bonchev–Trinajstić information content (AvgIpc) is 3.30. The largest absolute Gasteiger partial charge is 0.484 e. The molecule has 7 nitrogen and oxygen atoms in total. The van der Waals surface area contributed by atoms with Crippen molar-refractivity contribution < 1.29 is 14.3 Å². The molecule has 0 saturated carbocycles. The summed E-state index contributed by atoms with van der Waals surface area (Å²) in [6, 6.07) is 21.8. The maximum absolute atomic E-state index is 12.0. The summed E-state index contributed by atoms with van der Waals surface area (Å²) in [4.78, 5) is 20.4. The van der Waals surface area contributed by atoms with Crippen LogP contribution in [0.1, 0.15) is 0 Å². The summed E-state index contributed by atoms with van der Waals surface area (Å²) >= 11 is 0. The van der Waals surface area contributed by atoms with Crippen LogP contribution in [0.25, 0.3) is 5.82 Å². The molecule has 4 rings (SSSR count). The molecule has 0 saturated heterocycles. The molecule has 0 spiro atoms. The highest BCUT2D eigenvalue weighted by Gasteiger charge is 2.06. The van der Waals surface area contributed by atoms with Crippen LogP contribution in [0.5, 0.6) is 17.4 Å². The van der Waals surface area contributed by atoms with Crippen LogP contribution in [-0.4, -0.2) is 27.0 Å². The Morgan fingerprint density at radius 1 is 0.897 bits per heavy atom. The molecule has 0 atom stereocenters. The topological polar surface area (TPSA) is 78.3 Å². The van der Waals surface area contributed by atoms with Crippen molar-refractivity contribution in [1.82, 2.24) is 14.5 Å². The first-order chi connectivity index (χ1) is 14.3. The summed E-state index contributed by atoms with van der Waals surface area (Å²) in [5.74, 6) is 2.14. The molecule has 2 aromatic heterocycles. The van der Waals surface area contributed by atoms with Crippen molar-refractivity contribution in [3.05, 3.63) is 91.5 Å². The zero-order chi connectivity index (χ0) is 19.9. The van der Waals surface area contributed by atoms with Crippen LogP contribution in [0, 0.1) is 0 Å². The minimum absolute atomic E-state index is 0.0641. The van der Waals surface area contributed by atoms with Gasteiger partial charge in [0, 0.05) is 24.1 Å². The number of nitrogens with one attached hydrogen (secondary N) is 1. The Balaban J connectivity index is 1.33. The first-order valence-corrected chi connectivity index (χ1v) is 8.97. The van der Waals surface area contributed by atoms with Crippen LogP contribution in [0.4, 0.5) is 5.69 Å². The summed E-state index contributed by atoms with van der Waals surface area (Å²) in [7, 11) is 0. The van der Waals surface area contributed by atoms with Crippen molar-refractivity contribution in [2.75, 3.05) is 11.9 Å². The van der Waals surface area contributed by atoms with E-state index in [0.29, 0.717) is 28.9 Å². The van der Waals surface area contributed by atoms with E-state index in [9.17, 15) is 4.79 Å². The quantitative estimate of drug-likeness (QED) is 0.518. The Hall–Kier alpha value is -4.13. The van der Waals surface area contributed by atoms with Crippen molar-refractivity contribution in [3.8, 4) is 23.2 Å². The molecule has 0 aliphatic heterocycles. The first-order valence-electron chi connectivity index (χ1n) is 8.97. The van der Waals surface area contributed by atoms with Gasteiger partial charge in [0.1, 0.15) is 23.6 Å². The summed E-state index contributed by atoms with van der Waals surface area (Å²) in [5, 5.41) is 2.78. The molecular formula is C22H18N4O3. The number of hydrogen-bond acceptors (Lipinski definition) is 5. The number of carbonyl (C=O) groups is 1. The van der Waals surface area contributed by atoms with Crippen LogP contribution >= 0.6 is 0 Å². The van der Waals surface area contributed by atoms with Gasteiger partial charge >= 0.3 is 0 Å². The summed E-state index contributed by atoms with van der Waals surface area (Å²) in [5.41, 5.74) is 0.648. The van der Waals surface area contributed by atoms with Gasteiger partial charge in [0.05, 0.1) is 0 Å². The predicted octanol–water partition coefficient (Wildman–Crippen LogP) is 4.08. The molecule has 4 aromatic rings. The monoisotopic (exact) mass is 386 g/mol. The summed E-state index contributed by atoms with van der Waals surface area (Å²) in [6.45, 7) is -0.0641. The van der Waals surface area contributed by atoms with Crippen LogP contribution in [0.3, 0.4) is 0 Å². The van der Waals surface area contributed by atoms with E-state index in [1.54, 1.807) is 42.5 Å². The van der Waals surface area contributed by atoms with Gasteiger partial charge in [-0.05, 0) is 48.5 Å². The third kappa shape index (κ3) is 4.98. The zero-order valence-corrected chi connectivity index (χ0v) is 15.4. The van der Waals surface area contributed by atoms with Crippen LogP contribution in [-0.2, 0) is 4.79 Å². The fourth-order valence-corrected chi connectivity index (χ4v) is 2.60. The van der Waals surface area contributed by atoms with Gasteiger partial charge in [-0.1, -0.05) is 18.2 Å². The number of amides is 1. The highest BCUT2D eigenvalue weighted by Crippen LogP contribution is 2.22. The number of para-hydroxylation sites is 1. The number of nitrogens with zero attached hydrogens (tertiary/aromatic N) is 3. The number of carbonyl (C=O) groups excluding carboxylic acids is 1. The van der Waals surface area contributed by atoms with Gasteiger partial charge in [0.25, 0.3) is 5.91 Å². The number of hydrogen-bond donors (Lipinski definition) is 1. The van der Waals surface area contributed by atoms with Gasteiger partial charge < -0.3 is 19.4 Å². The second kappa shape index (κ2) is 8.71. The molecule has 1 amide bonds.